The smallest absolute Gasteiger partial charge is 0.317 e. The van der Waals surface area contributed by atoms with Crippen molar-refractivity contribution in [2.45, 2.75) is 65.3 Å². The number of nitrogens with one attached hydrogen (secondary N) is 1. The molecule has 0 spiro atoms. The fourth-order valence-electron chi connectivity index (χ4n) is 3.21. The molecule has 3 heteroatoms. The molecule has 0 aromatic heterocycles. The highest BCUT2D eigenvalue weighted by molar-refractivity contribution is 5.74. The van der Waals surface area contributed by atoms with Crippen molar-refractivity contribution >= 4 is 6.03 Å². The molecule has 0 bridgehead atoms. The third-order valence-corrected chi connectivity index (χ3v) is 4.88. The first-order chi connectivity index (χ1) is 8.49. The third kappa shape index (κ3) is 3.18. The van der Waals surface area contributed by atoms with Gasteiger partial charge in [0.25, 0.3) is 0 Å². The molecule has 1 unspecified atom stereocenters. The monoisotopic (exact) mass is 252 g/mol. The van der Waals surface area contributed by atoms with E-state index < -0.39 is 0 Å². The quantitative estimate of drug-likeness (QED) is 0.762. The van der Waals surface area contributed by atoms with E-state index in [4.69, 9.17) is 0 Å². The zero-order valence-electron chi connectivity index (χ0n) is 12.2. The second kappa shape index (κ2) is 5.50. The van der Waals surface area contributed by atoms with Crippen molar-refractivity contribution in [2.75, 3.05) is 13.1 Å². The normalized spacial score (nSPS) is 29.1. The number of piperidine rings is 1. The number of amides is 2. The average molecular weight is 252 g/mol. The van der Waals surface area contributed by atoms with E-state index in [9.17, 15) is 4.79 Å². The highest BCUT2D eigenvalue weighted by Gasteiger charge is 2.34. The van der Waals surface area contributed by atoms with E-state index in [1.54, 1.807) is 0 Å². The topological polar surface area (TPSA) is 32.3 Å². The number of nitrogens with zero attached hydrogens (tertiary/aromatic N) is 1. The van der Waals surface area contributed by atoms with Crippen LogP contribution in [0.2, 0.25) is 0 Å². The van der Waals surface area contributed by atoms with Crippen LogP contribution >= 0.6 is 0 Å². The molecule has 2 rings (SSSR count). The molecule has 1 saturated carbocycles. The molecule has 0 aromatic carbocycles. The van der Waals surface area contributed by atoms with Gasteiger partial charge in [0.1, 0.15) is 0 Å². The van der Waals surface area contributed by atoms with Crippen molar-refractivity contribution in [2.24, 2.45) is 11.3 Å². The summed E-state index contributed by atoms with van der Waals surface area (Å²) in [5.74, 6) is 0.778. The van der Waals surface area contributed by atoms with Gasteiger partial charge in [-0.15, -0.1) is 0 Å². The summed E-state index contributed by atoms with van der Waals surface area (Å²) >= 11 is 0. The van der Waals surface area contributed by atoms with E-state index >= 15 is 0 Å². The summed E-state index contributed by atoms with van der Waals surface area (Å²) in [6.45, 7) is 8.71. The highest BCUT2D eigenvalue weighted by atomic mass is 16.2. The molecule has 2 fully saturated rings. The zero-order valence-corrected chi connectivity index (χ0v) is 12.2. The number of carbonyl (C=O) groups is 1. The molecule has 1 N–H and O–H groups in total. The lowest BCUT2D eigenvalue weighted by atomic mass is 9.73. The summed E-state index contributed by atoms with van der Waals surface area (Å²) in [5, 5.41) is 3.28. The minimum atomic E-state index is 0.168. The number of hydrogen-bond acceptors (Lipinski definition) is 1. The van der Waals surface area contributed by atoms with Crippen LogP contribution in [0.15, 0.2) is 0 Å². The molecule has 1 aliphatic carbocycles. The maximum atomic E-state index is 12.3. The second-order valence-corrected chi connectivity index (χ2v) is 6.91. The predicted molar refractivity (Wildman–Crippen MR) is 74.5 cm³/mol. The van der Waals surface area contributed by atoms with Crippen LogP contribution in [0.3, 0.4) is 0 Å². The van der Waals surface area contributed by atoms with Crippen molar-refractivity contribution in [1.29, 1.82) is 0 Å². The van der Waals surface area contributed by atoms with Gasteiger partial charge in [-0.25, -0.2) is 4.79 Å². The largest absolute Gasteiger partial charge is 0.335 e. The van der Waals surface area contributed by atoms with Crippen LogP contribution < -0.4 is 5.32 Å². The first kappa shape index (κ1) is 13.7. The molecule has 104 valence electrons. The van der Waals surface area contributed by atoms with Gasteiger partial charge in [0.15, 0.2) is 0 Å². The Bertz CT molecular complexity index is 293. The van der Waals surface area contributed by atoms with Crippen molar-refractivity contribution < 1.29 is 4.79 Å². The van der Waals surface area contributed by atoms with E-state index in [-0.39, 0.29) is 11.4 Å². The minimum Gasteiger partial charge on any atom is -0.335 e. The summed E-state index contributed by atoms with van der Waals surface area (Å²) < 4.78 is 0. The van der Waals surface area contributed by atoms with Crippen LogP contribution in [0.5, 0.6) is 0 Å². The van der Waals surface area contributed by atoms with Gasteiger partial charge in [-0.05, 0) is 37.0 Å². The van der Waals surface area contributed by atoms with Crippen LogP contribution in [0.4, 0.5) is 4.79 Å². The van der Waals surface area contributed by atoms with Gasteiger partial charge in [0.05, 0.1) is 0 Å². The molecule has 1 heterocycles. The number of carbonyl (C=O) groups excluding carboxylic acids is 1. The second-order valence-electron chi connectivity index (χ2n) is 6.91. The Morgan fingerprint density at radius 1 is 1.17 bits per heavy atom. The Kier molecular flexibility index (Phi) is 4.18. The lowest BCUT2D eigenvalue weighted by Crippen LogP contribution is -2.52. The molecule has 2 amide bonds. The van der Waals surface area contributed by atoms with Crippen molar-refractivity contribution in [1.82, 2.24) is 10.2 Å². The van der Waals surface area contributed by atoms with Crippen LogP contribution in [-0.2, 0) is 0 Å². The molecule has 1 aliphatic heterocycles. The third-order valence-electron chi connectivity index (χ3n) is 4.88. The van der Waals surface area contributed by atoms with Gasteiger partial charge in [-0.2, -0.15) is 0 Å². The number of hydrogen-bond donors (Lipinski definition) is 1. The number of rotatable bonds is 1. The summed E-state index contributed by atoms with van der Waals surface area (Å²) in [4.78, 5) is 14.3. The van der Waals surface area contributed by atoms with Gasteiger partial charge in [-0.3, -0.25) is 0 Å². The Labute approximate surface area is 111 Å². The number of urea groups is 1. The Hall–Kier alpha value is -0.730. The summed E-state index contributed by atoms with van der Waals surface area (Å²) in [7, 11) is 0. The van der Waals surface area contributed by atoms with E-state index in [0.29, 0.717) is 6.04 Å². The molecule has 3 nitrogen and oxygen atoms in total. The zero-order chi connectivity index (χ0) is 13.2. The number of likely N-dealkylation sites (tertiary alicyclic amines) is 1. The van der Waals surface area contributed by atoms with Crippen molar-refractivity contribution in [3.05, 3.63) is 0 Å². The predicted octanol–water partition coefficient (Wildman–Crippen LogP) is 3.40. The molecule has 18 heavy (non-hydrogen) atoms. The molecule has 0 aromatic rings. The van der Waals surface area contributed by atoms with Gasteiger partial charge in [-0.1, -0.05) is 33.6 Å². The van der Waals surface area contributed by atoms with Crippen LogP contribution in [0.1, 0.15) is 59.3 Å². The summed E-state index contributed by atoms with van der Waals surface area (Å²) in [6.07, 6.45) is 7.24. The molecule has 0 radical (unpaired) electrons. The molecular weight excluding hydrogens is 224 g/mol. The average Bonchev–Trinajstić information content (AvgIpc) is 2.32. The summed E-state index contributed by atoms with van der Waals surface area (Å²) in [5.41, 5.74) is 0.261. The fourth-order valence-corrected chi connectivity index (χ4v) is 3.21. The lowest BCUT2D eigenvalue weighted by molar-refractivity contribution is 0.137. The minimum absolute atomic E-state index is 0.168. The Morgan fingerprint density at radius 2 is 1.83 bits per heavy atom. The van der Waals surface area contributed by atoms with Crippen molar-refractivity contribution in [3.63, 3.8) is 0 Å². The van der Waals surface area contributed by atoms with Gasteiger partial charge >= 0.3 is 6.03 Å². The highest BCUT2D eigenvalue weighted by Crippen LogP contribution is 2.35. The first-order valence-corrected chi connectivity index (χ1v) is 7.54. The molecule has 1 saturated heterocycles. The summed E-state index contributed by atoms with van der Waals surface area (Å²) in [6, 6.07) is 0.528. The fraction of sp³-hybridized carbons (Fsp3) is 0.933. The maximum absolute atomic E-state index is 12.3. The van der Waals surface area contributed by atoms with Gasteiger partial charge in [0, 0.05) is 19.1 Å². The first-order valence-electron chi connectivity index (χ1n) is 7.54. The molecular formula is C15H28N2O. The van der Waals surface area contributed by atoms with E-state index in [1.165, 1.54) is 19.3 Å². The van der Waals surface area contributed by atoms with E-state index in [1.807, 2.05) is 4.90 Å². The van der Waals surface area contributed by atoms with Crippen LogP contribution in [0.25, 0.3) is 0 Å². The van der Waals surface area contributed by atoms with Crippen LogP contribution in [0, 0.1) is 11.3 Å². The standard InChI is InChI=1S/C15H28N2O/c1-12-7-10-17(11-8-12)14(18)16-13-6-4-5-9-15(13,2)3/h12-13H,4-11H2,1-3H3,(H,16,18). The maximum Gasteiger partial charge on any atom is 0.317 e. The lowest BCUT2D eigenvalue weighted by Gasteiger charge is -2.40. The van der Waals surface area contributed by atoms with Gasteiger partial charge < -0.3 is 10.2 Å². The van der Waals surface area contributed by atoms with E-state index in [0.717, 1.165) is 38.3 Å². The Morgan fingerprint density at radius 3 is 2.44 bits per heavy atom. The molecule has 2 aliphatic rings. The van der Waals surface area contributed by atoms with Gasteiger partial charge in [0.2, 0.25) is 0 Å². The van der Waals surface area contributed by atoms with E-state index in [2.05, 4.69) is 26.1 Å². The van der Waals surface area contributed by atoms with Crippen LogP contribution in [-0.4, -0.2) is 30.1 Å². The van der Waals surface area contributed by atoms with Crippen molar-refractivity contribution in [3.8, 4) is 0 Å². The SMILES string of the molecule is CC1CCN(C(=O)NC2CCCCC2(C)C)CC1. The molecule has 1 atom stereocenters. The Balaban J connectivity index is 1.86.